The molecule has 4 nitrogen and oxygen atoms in total. The molecule has 5 N–H and O–H groups in total. The van der Waals surface area contributed by atoms with Crippen molar-refractivity contribution in [3.63, 3.8) is 0 Å². The molecule has 1 rings (SSSR count). The van der Waals surface area contributed by atoms with Gasteiger partial charge < -0.3 is 16.6 Å². The van der Waals surface area contributed by atoms with Gasteiger partial charge in [0.05, 0.1) is 0 Å². The van der Waals surface area contributed by atoms with Gasteiger partial charge in [0.25, 0.3) is 0 Å². The van der Waals surface area contributed by atoms with E-state index in [0.29, 0.717) is 12.2 Å². The number of aliphatic hydroxyl groups is 1. The van der Waals surface area contributed by atoms with Crippen molar-refractivity contribution in [3.05, 3.63) is 23.9 Å². The Hall–Kier alpha value is -0.840. The summed E-state index contributed by atoms with van der Waals surface area (Å²) in [6.45, 7) is 0.0650. The molecular formula is C8H14ClN3O. The Kier molecular flexibility index (Phi) is 5.37. The smallest absolute Gasteiger partial charge is 0.128 e. The van der Waals surface area contributed by atoms with E-state index < -0.39 is 0 Å². The lowest BCUT2D eigenvalue weighted by Gasteiger charge is -2.11. The van der Waals surface area contributed by atoms with Crippen LogP contribution in [-0.4, -0.2) is 16.7 Å². The minimum Gasteiger partial charge on any atom is -0.396 e. The molecule has 0 spiro atoms. The lowest BCUT2D eigenvalue weighted by molar-refractivity contribution is 0.276. The summed E-state index contributed by atoms with van der Waals surface area (Å²) in [5, 5.41) is 8.65. The highest BCUT2D eigenvalue weighted by Gasteiger charge is 2.08. The number of hydrogen-bond donors (Lipinski definition) is 3. The molecule has 0 aromatic carbocycles. The zero-order valence-electron chi connectivity index (χ0n) is 7.18. The van der Waals surface area contributed by atoms with Crippen LogP contribution in [0.25, 0.3) is 0 Å². The van der Waals surface area contributed by atoms with Crippen molar-refractivity contribution in [1.82, 2.24) is 4.98 Å². The van der Waals surface area contributed by atoms with Crippen LogP contribution in [0.4, 0.5) is 5.82 Å². The fourth-order valence-corrected chi connectivity index (χ4v) is 1.04. The van der Waals surface area contributed by atoms with E-state index in [4.69, 9.17) is 16.6 Å². The Bertz CT molecular complexity index is 257. The normalized spacial score (nSPS) is 11.8. The predicted molar refractivity (Wildman–Crippen MR) is 54.5 cm³/mol. The number of aliphatic hydroxyl groups excluding tert-OH is 1. The average Bonchev–Trinajstić information content (AvgIpc) is 2.05. The number of nitrogens with two attached hydrogens (primary N) is 2. The molecule has 74 valence electrons. The molecule has 0 aliphatic heterocycles. The van der Waals surface area contributed by atoms with Gasteiger partial charge in [-0.15, -0.1) is 12.4 Å². The van der Waals surface area contributed by atoms with E-state index >= 15 is 0 Å². The van der Waals surface area contributed by atoms with Crippen LogP contribution in [0, 0.1) is 0 Å². The van der Waals surface area contributed by atoms with Gasteiger partial charge in [0.15, 0.2) is 0 Å². The van der Waals surface area contributed by atoms with Crippen LogP contribution in [0.5, 0.6) is 0 Å². The molecule has 1 aromatic heterocycles. The van der Waals surface area contributed by atoms with Gasteiger partial charge in [0.2, 0.25) is 0 Å². The zero-order valence-corrected chi connectivity index (χ0v) is 8.00. The van der Waals surface area contributed by atoms with E-state index in [1.165, 1.54) is 0 Å². The summed E-state index contributed by atoms with van der Waals surface area (Å²) < 4.78 is 0. The van der Waals surface area contributed by atoms with Crippen molar-refractivity contribution in [3.8, 4) is 0 Å². The van der Waals surface area contributed by atoms with Crippen LogP contribution < -0.4 is 11.5 Å². The van der Waals surface area contributed by atoms with Gasteiger partial charge in [-0.1, -0.05) is 6.07 Å². The van der Waals surface area contributed by atoms with Crippen molar-refractivity contribution in [2.24, 2.45) is 5.73 Å². The highest BCUT2D eigenvalue weighted by atomic mass is 35.5. The van der Waals surface area contributed by atoms with Crippen LogP contribution >= 0.6 is 12.4 Å². The minimum absolute atomic E-state index is 0. The number of anilines is 1. The highest BCUT2D eigenvalue weighted by molar-refractivity contribution is 5.85. The number of pyridine rings is 1. The van der Waals surface area contributed by atoms with Crippen LogP contribution in [0.15, 0.2) is 18.3 Å². The molecule has 1 aromatic rings. The molecule has 1 atom stereocenters. The summed E-state index contributed by atoms with van der Waals surface area (Å²) >= 11 is 0. The standard InChI is InChI=1S/C8H13N3O.ClH/c9-7(3-5-12)6-2-1-4-11-8(6)10;/h1-2,4,7,12H,3,5,9H2,(H2,10,11);1H/t7-;/m0./s1. The van der Waals surface area contributed by atoms with Crippen LogP contribution in [0.3, 0.4) is 0 Å². The molecule has 5 heteroatoms. The largest absolute Gasteiger partial charge is 0.396 e. The van der Waals surface area contributed by atoms with E-state index in [0.717, 1.165) is 5.56 Å². The molecule has 0 fully saturated rings. The third-order valence-corrected chi connectivity index (χ3v) is 1.71. The molecule has 0 radical (unpaired) electrons. The Labute approximate surface area is 83.4 Å². The summed E-state index contributed by atoms with van der Waals surface area (Å²) in [5.41, 5.74) is 12.1. The summed E-state index contributed by atoms with van der Waals surface area (Å²) in [5.74, 6) is 0.443. The number of rotatable bonds is 3. The molecule has 0 amide bonds. The third kappa shape index (κ3) is 3.18. The van der Waals surface area contributed by atoms with E-state index in [2.05, 4.69) is 4.98 Å². The summed E-state index contributed by atoms with van der Waals surface area (Å²) in [4.78, 5) is 3.90. The summed E-state index contributed by atoms with van der Waals surface area (Å²) in [6, 6.07) is 3.38. The predicted octanol–water partition coefficient (Wildman–Crippen LogP) is 0.468. The molecule has 0 saturated carbocycles. The molecule has 0 unspecified atom stereocenters. The Balaban J connectivity index is 0.00000144. The molecule has 1 heterocycles. The monoisotopic (exact) mass is 203 g/mol. The van der Waals surface area contributed by atoms with Crippen LogP contribution in [0.2, 0.25) is 0 Å². The molecule has 13 heavy (non-hydrogen) atoms. The zero-order chi connectivity index (χ0) is 8.97. The van der Waals surface area contributed by atoms with Crippen molar-refractivity contribution in [2.75, 3.05) is 12.3 Å². The quantitative estimate of drug-likeness (QED) is 0.667. The molecule has 0 bridgehead atoms. The second-order valence-corrected chi connectivity index (χ2v) is 2.60. The van der Waals surface area contributed by atoms with Crippen molar-refractivity contribution in [2.45, 2.75) is 12.5 Å². The number of aromatic nitrogens is 1. The first kappa shape index (κ1) is 12.2. The molecular weight excluding hydrogens is 190 g/mol. The molecule has 0 aliphatic rings. The lowest BCUT2D eigenvalue weighted by atomic mass is 10.1. The van der Waals surface area contributed by atoms with Crippen LogP contribution in [-0.2, 0) is 0 Å². The van der Waals surface area contributed by atoms with E-state index in [-0.39, 0.29) is 25.1 Å². The SMILES string of the molecule is Cl.Nc1ncccc1[C@@H](N)CCO. The Morgan fingerprint density at radius 2 is 2.23 bits per heavy atom. The van der Waals surface area contributed by atoms with Gasteiger partial charge in [0.1, 0.15) is 5.82 Å². The first-order valence-electron chi connectivity index (χ1n) is 3.82. The highest BCUT2D eigenvalue weighted by Crippen LogP contribution is 2.17. The molecule has 0 aliphatic carbocycles. The Morgan fingerprint density at radius 3 is 2.77 bits per heavy atom. The maximum absolute atomic E-state index is 8.65. The maximum Gasteiger partial charge on any atom is 0.128 e. The topological polar surface area (TPSA) is 85.2 Å². The fraction of sp³-hybridized carbons (Fsp3) is 0.375. The number of halogens is 1. The van der Waals surface area contributed by atoms with Gasteiger partial charge in [-0.2, -0.15) is 0 Å². The summed E-state index contributed by atoms with van der Waals surface area (Å²) in [6.07, 6.45) is 2.13. The van der Waals surface area contributed by atoms with Gasteiger partial charge in [-0.3, -0.25) is 0 Å². The molecule has 0 saturated heterocycles. The number of nitrogens with zero attached hydrogens (tertiary/aromatic N) is 1. The van der Waals surface area contributed by atoms with Crippen molar-refractivity contribution in [1.29, 1.82) is 0 Å². The van der Waals surface area contributed by atoms with Crippen molar-refractivity contribution < 1.29 is 5.11 Å². The minimum atomic E-state index is -0.219. The third-order valence-electron chi connectivity index (χ3n) is 1.71. The van der Waals surface area contributed by atoms with Gasteiger partial charge >= 0.3 is 0 Å². The second kappa shape index (κ2) is 5.75. The van der Waals surface area contributed by atoms with E-state index in [9.17, 15) is 0 Å². The first-order valence-corrected chi connectivity index (χ1v) is 3.82. The van der Waals surface area contributed by atoms with E-state index in [1.807, 2.05) is 6.07 Å². The number of nitrogen functional groups attached to an aromatic ring is 1. The second-order valence-electron chi connectivity index (χ2n) is 2.60. The van der Waals surface area contributed by atoms with Gasteiger partial charge in [0, 0.05) is 24.4 Å². The average molecular weight is 204 g/mol. The van der Waals surface area contributed by atoms with Gasteiger partial charge in [-0.25, -0.2) is 4.98 Å². The van der Waals surface area contributed by atoms with Crippen LogP contribution in [0.1, 0.15) is 18.0 Å². The van der Waals surface area contributed by atoms with Gasteiger partial charge in [-0.05, 0) is 12.5 Å². The van der Waals surface area contributed by atoms with Crippen molar-refractivity contribution >= 4 is 18.2 Å². The van der Waals surface area contributed by atoms with E-state index in [1.54, 1.807) is 12.3 Å². The number of hydrogen-bond acceptors (Lipinski definition) is 4. The fourth-order valence-electron chi connectivity index (χ4n) is 1.04. The lowest BCUT2D eigenvalue weighted by Crippen LogP contribution is -2.14. The first-order chi connectivity index (χ1) is 5.75. The maximum atomic E-state index is 8.65. The summed E-state index contributed by atoms with van der Waals surface area (Å²) in [7, 11) is 0. The Morgan fingerprint density at radius 1 is 1.54 bits per heavy atom.